The van der Waals surface area contributed by atoms with Crippen LogP contribution in [0.3, 0.4) is 0 Å². The Kier molecular flexibility index (Phi) is 5.21. The molecule has 1 fully saturated rings. The van der Waals surface area contributed by atoms with Crippen LogP contribution in [-0.4, -0.2) is 29.5 Å². The summed E-state index contributed by atoms with van der Waals surface area (Å²) in [7, 11) is 0. The average Bonchev–Trinajstić information content (AvgIpc) is 2.68. The molecule has 1 amide bonds. The Bertz CT molecular complexity index is 922. The first-order valence-corrected chi connectivity index (χ1v) is 10.0. The molecule has 3 unspecified atom stereocenters. The van der Waals surface area contributed by atoms with E-state index in [1.54, 1.807) is 24.3 Å². The van der Waals surface area contributed by atoms with Crippen molar-refractivity contribution in [2.45, 2.75) is 24.1 Å². The van der Waals surface area contributed by atoms with E-state index in [1.165, 1.54) is 23.9 Å². The molecule has 146 valence electrons. The molecule has 4 rings (SSSR count). The highest BCUT2D eigenvalue weighted by Gasteiger charge is 2.50. The van der Waals surface area contributed by atoms with Gasteiger partial charge in [-0.3, -0.25) is 4.79 Å². The van der Waals surface area contributed by atoms with E-state index in [0.717, 1.165) is 6.07 Å². The van der Waals surface area contributed by atoms with Crippen molar-refractivity contribution >= 4 is 22.8 Å². The predicted molar refractivity (Wildman–Crippen MR) is 105 cm³/mol. The molecule has 2 aliphatic rings. The predicted octanol–water partition coefficient (Wildman–Crippen LogP) is 4.12. The van der Waals surface area contributed by atoms with Crippen molar-refractivity contribution in [3.63, 3.8) is 0 Å². The van der Waals surface area contributed by atoms with Crippen LogP contribution in [0.4, 0.5) is 8.78 Å². The van der Waals surface area contributed by atoms with Gasteiger partial charge in [-0.05, 0) is 24.6 Å². The topological polar surface area (TPSA) is 50.7 Å². The number of hydrogen-bond donors (Lipinski definition) is 1. The lowest BCUT2D eigenvalue weighted by molar-refractivity contribution is -0.00436. The number of amides is 1. The molecule has 2 aliphatic heterocycles. The zero-order chi connectivity index (χ0) is 19.7. The third kappa shape index (κ3) is 3.44. The largest absolute Gasteiger partial charge is 0.379 e. The summed E-state index contributed by atoms with van der Waals surface area (Å²) < 4.78 is 33.9. The van der Waals surface area contributed by atoms with Crippen molar-refractivity contribution in [1.82, 2.24) is 5.32 Å². The third-order valence-electron chi connectivity index (χ3n) is 5.33. The molecule has 1 saturated heterocycles. The molecule has 3 atom stereocenters. The SMILES string of the molecule is CC1SC(NC(=O)c2ccccc2)=NC2(c3ccc(F)cc3F)COCCC12. The minimum atomic E-state index is -0.986. The highest BCUT2D eigenvalue weighted by Crippen LogP contribution is 2.48. The van der Waals surface area contributed by atoms with Crippen molar-refractivity contribution in [2.24, 2.45) is 10.9 Å². The third-order valence-corrected chi connectivity index (χ3v) is 6.44. The van der Waals surface area contributed by atoms with Crippen molar-refractivity contribution in [3.05, 3.63) is 71.3 Å². The number of aliphatic imine (C=N–C) groups is 1. The molecule has 4 nitrogen and oxygen atoms in total. The van der Waals surface area contributed by atoms with Crippen LogP contribution in [0.25, 0.3) is 0 Å². The Labute approximate surface area is 166 Å². The fourth-order valence-corrected chi connectivity index (χ4v) is 5.23. The number of benzene rings is 2. The van der Waals surface area contributed by atoms with Gasteiger partial charge in [0.05, 0.1) is 6.61 Å². The van der Waals surface area contributed by atoms with Gasteiger partial charge >= 0.3 is 0 Å². The molecular formula is C21H20F2N2O2S. The Balaban J connectivity index is 1.74. The second kappa shape index (κ2) is 7.64. The highest BCUT2D eigenvalue weighted by molar-refractivity contribution is 8.14. The summed E-state index contributed by atoms with van der Waals surface area (Å²) in [5.74, 6) is -1.54. The Morgan fingerprint density at radius 2 is 2.04 bits per heavy atom. The lowest BCUT2D eigenvalue weighted by Crippen LogP contribution is -2.51. The Hall–Kier alpha value is -2.25. The first kappa shape index (κ1) is 19.1. The van der Waals surface area contributed by atoms with Gasteiger partial charge < -0.3 is 10.1 Å². The van der Waals surface area contributed by atoms with Crippen molar-refractivity contribution in [3.8, 4) is 0 Å². The standard InChI is InChI=1S/C21H20F2N2O2S/c1-13-16-9-10-27-12-21(16,17-8-7-15(22)11-18(17)23)25-20(28-13)24-19(26)14-5-3-2-4-6-14/h2-8,11,13,16H,9-10,12H2,1H3,(H,24,25,26). The van der Waals surface area contributed by atoms with Crippen LogP contribution in [-0.2, 0) is 10.3 Å². The second-order valence-corrected chi connectivity index (χ2v) is 8.42. The van der Waals surface area contributed by atoms with Crippen LogP contribution in [0.5, 0.6) is 0 Å². The van der Waals surface area contributed by atoms with Gasteiger partial charge in [0.25, 0.3) is 5.91 Å². The molecule has 0 aliphatic carbocycles. The van der Waals surface area contributed by atoms with Gasteiger partial charge in [-0.1, -0.05) is 43.0 Å². The zero-order valence-corrected chi connectivity index (χ0v) is 16.1. The van der Waals surface area contributed by atoms with E-state index in [1.807, 2.05) is 13.0 Å². The number of carbonyl (C=O) groups is 1. The number of fused-ring (bicyclic) bond motifs is 1. The van der Waals surface area contributed by atoms with Crippen LogP contribution >= 0.6 is 11.8 Å². The highest BCUT2D eigenvalue weighted by atomic mass is 32.2. The number of nitrogens with one attached hydrogen (secondary N) is 1. The van der Waals surface area contributed by atoms with Gasteiger partial charge in [-0.15, -0.1) is 0 Å². The van der Waals surface area contributed by atoms with Gasteiger partial charge in [0.15, 0.2) is 5.17 Å². The first-order chi connectivity index (χ1) is 13.5. The molecule has 2 heterocycles. The molecule has 0 spiro atoms. The van der Waals surface area contributed by atoms with Crippen molar-refractivity contribution < 1.29 is 18.3 Å². The fourth-order valence-electron chi connectivity index (χ4n) is 3.98. The summed E-state index contributed by atoms with van der Waals surface area (Å²) in [4.78, 5) is 17.3. The van der Waals surface area contributed by atoms with Crippen LogP contribution < -0.4 is 5.32 Å². The summed E-state index contributed by atoms with van der Waals surface area (Å²) in [6.45, 7) is 2.80. The minimum absolute atomic E-state index is 0.0172. The van der Waals surface area contributed by atoms with E-state index < -0.39 is 17.2 Å². The number of rotatable bonds is 2. The first-order valence-electron chi connectivity index (χ1n) is 9.16. The van der Waals surface area contributed by atoms with E-state index >= 15 is 0 Å². The van der Waals surface area contributed by atoms with E-state index in [4.69, 9.17) is 9.73 Å². The molecule has 0 radical (unpaired) electrons. The number of amidine groups is 1. The van der Waals surface area contributed by atoms with Gasteiger partial charge in [0, 0.05) is 35.0 Å². The lowest BCUT2D eigenvalue weighted by Gasteiger charge is -2.47. The number of ether oxygens (including phenoxy) is 1. The summed E-state index contributed by atoms with van der Waals surface area (Å²) in [5.41, 5.74) is -0.167. The normalized spacial score (nSPS) is 26.9. The van der Waals surface area contributed by atoms with Crippen molar-refractivity contribution in [1.29, 1.82) is 0 Å². The number of thioether (sulfide) groups is 1. The zero-order valence-electron chi connectivity index (χ0n) is 15.3. The maximum Gasteiger partial charge on any atom is 0.257 e. The molecule has 2 aromatic rings. The quantitative estimate of drug-likeness (QED) is 0.822. The molecule has 0 saturated carbocycles. The van der Waals surface area contributed by atoms with Gasteiger partial charge in [-0.25, -0.2) is 13.8 Å². The van der Waals surface area contributed by atoms with E-state index in [-0.39, 0.29) is 23.7 Å². The molecule has 28 heavy (non-hydrogen) atoms. The lowest BCUT2D eigenvalue weighted by atomic mass is 9.74. The molecule has 0 aromatic heterocycles. The molecule has 1 N–H and O–H groups in total. The van der Waals surface area contributed by atoms with Crippen molar-refractivity contribution in [2.75, 3.05) is 13.2 Å². The number of halogens is 2. The smallest absolute Gasteiger partial charge is 0.257 e. The number of hydrogen-bond acceptors (Lipinski definition) is 4. The molecule has 7 heteroatoms. The number of nitrogens with zero attached hydrogens (tertiary/aromatic N) is 1. The summed E-state index contributed by atoms with van der Waals surface area (Å²) in [5, 5.41) is 3.35. The number of carbonyl (C=O) groups excluding carboxylic acids is 1. The average molecular weight is 402 g/mol. The van der Waals surface area contributed by atoms with Gasteiger partial charge in [0.2, 0.25) is 0 Å². The maximum absolute atomic E-state index is 14.7. The van der Waals surface area contributed by atoms with E-state index in [0.29, 0.717) is 29.3 Å². The van der Waals surface area contributed by atoms with Crippen LogP contribution in [0, 0.1) is 17.6 Å². The second-order valence-electron chi connectivity index (χ2n) is 7.06. The maximum atomic E-state index is 14.7. The van der Waals surface area contributed by atoms with Crippen LogP contribution in [0.2, 0.25) is 0 Å². The monoisotopic (exact) mass is 402 g/mol. The summed E-state index contributed by atoms with van der Waals surface area (Å²) in [6, 6.07) is 12.4. The molecular weight excluding hydrogens is 382 g/mol. The van der Waals surface area contributed by atoms with E-state index in [9.17, 15) is 13.6 Å². The van der Waals surface area contributed by atoms with E-state index in [2.05, 4.69) is 5.32 Å². The Morgan fingerprint density at radius 3 is 2.79 bits per heavy atom. The fraction of sp³-hybridized carbons (Fsp3) is 0.333. The van der Waals surface area contributed by atoms with Crippen LogP contribution in [0.15, 0.2) is 53.5 Å². The van der Waals surface area contributed by atoms with Gasteiger partial charge in [-0.2, -0.15) is 0 Å². The molecule has 0 bridgehead atoms. The Morgan fingerprint density at radius 1 is 1.25 bits per heavy atom. The summed E-state index contributed by atoms with van der Waals surface area (Å²) in [6.07, 6.45) is 0.717. The minimum Gasteiger partial charge on any atom is -0.379 e. The molecule has 2 aromatic carbocycles. The van der Waals surface area contributed by atoms with Crippen LogP contribution in [0.1, 0.15) is 29.3 Å². The summed E-state index contributed by atoms with van der Waals surface area (Å²) >= 11 is 1.46. The van der Waals surface area contributed by atoms with Gasteiger partial charge in [0.1, 0.15) is 17.2 Å².